The Hall–Kier alpha value is -2.26. The topological polar surface area (TPSA) is 99.5 Å². The number of rotatable bonds is 5. The summed E-state index contributed by atoms with van der Waals surface area (Å²) in [5.74, 6) is 0. The first-order valence-corrected chi connectivity index (χ1v) is 10.1. The minimum absolute atomic E-state index is 0.0189. The molecule has 0 aliphatic heterocycles. The van der Waals surface area contributed by atoms with Gasteiger partial charge in [0, 0.05) is 16.5 Å². The number of aryl methyl sites for hydroxylation is 2. The average Bonchev–Trinajstić information content (AvgIpc) is 3.04. The van der Waals surface area contributed by atoms with Crippen molar-refractivity contribution in [3.63, 3.8) is 0 Å². The van der Waals surface area contributed by atoms with Gasteiger partial charge in [-0.25, -0.2) is 13.4 Å². The smallest absolute Gasteiger partial charge is 0.263 e. The summed E-state index contributed by atoms with van der Waals surface area (Å²) < 4.78 is 27.4. The second kappa shape index (κ2) is 7.16. The maximum Gasteiger partial charge on any atom is 0.263 e. The Balaban J connectivity index is 1.85. The van der Waals surface area contributed by atoms with Gasteiger partial charge in [0.2, 0.25) is 0 Å². The van der Waals surface area contributed by atoms with Crippen molar-refractivity contribution in [2.75, 3.05) is 4.72 Å². The van der Waals surface area contributed by atoms with Crippen LogP contribution in [0.25, 0.3) is 11.3 Å². The molecular formula is C18H18N2O4S2. The third-order valence-corrected chi connectivity index (χ3v) is 6.13. The van der Waals surface area contributed by atoms with Crippen LogP contribution in [0.4, 0.5) is 5.13 Å². The molecule has 0 bridgehead atoms. The van der Waals surface area contributed by atoms with E-state index in [2.05, 4.69) is 9.71 Å². The normalized spacial score (nSPS) is 11.7. The Morgan fingerprint density at radius 3 is 2.42 bits per heavy atom. The van der Waals surface area contributed by atoms with Crippen LogP contribution in [-0.2, 0) is 10.0 Å². The fourth-order valence-corrected chi connectivity index (χ4v) is 4.41. The molecule has 0 aliphatic rings. The van der Waals surface area contributed by atoms with E-state index in [0.29, 0.717) is 5.69 Å². The number of aliphatic hydroxyl groups excluding tert-OH is 1. The molecule has 8 heteroatoms. The molecule has 0 unspecified atom stereocenters. The van der Waals surface area contributed by atoms with E-state index in [1.165, 1.54) is 35.6 Å². The number of nitrogens with zero attached hydrogens (tertiary/aromatic N) is 1. The summed E-state index contributed by atoms with van der Waals surface area (Å²) >= 11 is 1.21. The van der Waals surface area contributed by atoms with Crippen molar-refractivity contribution >= 4 is 26.5 Å². The van der Waals surface area contributed by atoms with Crippen LogP contribution in [-0.4, -0.2) is 23.6 Å². The van der Waals surface area contributed by atoms with Gasteiger partial charge in [-0.1, -0.05) is 29.8 Å². The van der Waals surface area contributed by atoms with Crippen LogP contribution < -0.4 is 4.72 Å². The third kappa shape index (κ3) is 3.94. The van der Waals surface area contributed by atoms with Crippen LogP contribution in [0.5, 0.6) is 0 Å². The van der Waals surface area contributed by atoms with Crippen molar-refractivity contribution in [3.8, 4) is 11.3 Å². The highest BCUT2D eigenvalue weighted by Gasteiger charge is 2.17. The van der Waals surface area contributed by atoms with Gasteiger partial charge >= 0.3 is 0 Å². The molecule has 26 heavy (non-hydrogen) atoms. The number of benzene rings is 2. The SMILES string of the molecule is Cc1ccc(C)c(-c2csc(NS(=O)(=O)c3ccc(C(O)O)cc3)n2)c1. The van der Waals surface area contributed by atoms with Crippen molar-refractivity contribution in [1.29, 1.82) is 0 Å². The Morgan fingerprint density at radius 1 is 1.08 bits per heavy atom. The molecular weight excluding hydrogens is 372 g/mol. The van der Waals surface area contributed by atoms with Crippen LogP contribution in [0, 0.1) is 13.8 Å². The van der Waals surface area contributed by atoms with E-state index in [0.717, 1.165) is 16.7 Å². The van der Waals surface area contributed by atoms with Crippen molar-refractivity contribution in [2.45, 2.75) is 25.0 Å². The molecule has 0 atom stereocenters. The van der Waals surface area contributed by atoms with Crippen molar-refractivity contribution in [3.05, 3.63) is 64.5 Å². The zero-order valence-corrected chi connectivity index (χ0v) is 15.8. The standard InChI is InChI=1S/C18H18N2O4S2/c1-11-3-4-12(2)15(9-11)16-10-25-18(19-16)20-26(23,24)14-7-5-13(6-8-14)17(21)22/h3-10,17,21-22H,1-2H3,(H,19,20). The number of anilines is 1. The highest BCUT2D eigenvalue weighted by atomic mass is 32.2. The molecule has 3 aromatic rings. The second-order valence-electron chi connectivity index (χ2n) is 5.90. The van der Waals surface area contributed by atoms with Crippen molar-refractivity contribution in [2.24, 2.45) is 0 Å². The summed E-state index contributed by atoms with van der Waals surface area (Å²) in [6.07, 6.45) is -1.64. The van der Waals surface area contributed by atoms with E-state index in [1.54, 1.807) is 0 Å². The minimum atomic E-state index is -3.81. The summed E-state index contributed by atoms with van der Waals surface area (Å²) in [6, 6.07) is 11.4. The van der Waals surface area contributed by atoms with Crippen LogP contribution >= 0.6 is 11.3 Å². The highest BCUT2D eigenvalue weighted by Crippen LogP contribution is 2.29. The van der Waals surface area contributed by atoms with E-state index in [1.807, 2.05) is 37.4 Å². The van der Waals surface area contributed by atoms with Crippen molar-refractivity contribution in [1.82, 2.24) is 4.98 Å². The van der Waals surface area contributed by atoms with Gasteiger partial charge in [0.1, 0.15) is 0 Å². The Labute approximate surface area is 155 Å². The van der Waals surface area contributed by atoms with E-state index in [-0.39, 0.29) is 15.6 Å². The fourth-order valence-electron chi connectivity index (χ4n) is 2.45. The van der Waals surface area contributed by atoms with Crippen LogP contribution in [0.15, 0.2) is 52.7 Å². The molecule has 0 radical (unpaired) electrons. The lowest BCUT2D eigenvalue weighted by molar-refractivity contribution is -0.0425. The molecule has 0 aliphatic carbocycles. The van der Waals surface area contributed by atoms with Crippen LogP contribution in [0.3, 0.4) is 0 Å². The first kappa shape index (κ1) is 18.5. The summed E-state index contributed by atoms with van der Waals surface area (Å²) in [5, 5.41) is 20.3. The number of sulfonamides is 1. The maximum atomic E-state index is 12.5. The molecule has 1 aromatic heterocycles. The Morgan fingerprint density at radius 2 is 1.77 bits per heavy atom. The lowest BCUT2D eigenvalue weighted by Crippen LogP contribution is -2.13. The molecule has 1 heterocycles. The molecule has 0 saturated heterocycles. The van der Waals surface area contributed by atoms with Gasteiger partial charge in [0.15, 0.2) is 11.4 Å². The quantitative estimate of drug-likeness (QED) is 0.581. The predicted octanol–water partition coefficient (Wildman–Crippen LogP) is 3.21. The first-order valence-electron chi connectivity index (χ1n) is 7.78. The van der Waals surface area contributed by atoms with Crippen LogP contribution in [0.1, 0.15) is 23.0 Å². The Kier molecular flexibility index (Phi) is 5.10. The number of thiazole rings is 1. The maximum absolute atomic E-state index is 12.5. The van der Waals surface area contributed by atoms with E-state index in [9.17, 15) is 8.42 Å². The lowest BCUT2D eigenvalue weighted by atomic mass is 10.0. The molecule has 136 valence electrons. The number of aliphatic hydroxyl groups is 2. The number of nitrogens with one attached hydrogen (secondary N) is 1. The molecule has 0 saturated carbocycles. The third-order valence-electron chi connectivity index (χ3n) is 3.88. The van der Waals surface area contributed by atoms with Gasteiger partial charge in [0.25, 0.3) is 10.0 Å². The molecule has 3 rings (SSSR count). The highest BCUT2D eigenvalue weighted by molar-refractivity contribution is 7.93. The molecule has 0 spiro atoms. The summed E-state index contributed by atoms with van der Waals surface area (Å²) in [6.45, 7) is 3.97. The van der Waals surface area contributed by atoms with Gasteiger partial charge in [-0.3, -0.25) is 4.72 Å². The van der Waals surface area contributed by atoms with E-state index < -0.39 is 16.3 Å². The summed E-state index contributed by atoms with van der Waals surface area (Å²) in [7, 11) is -3.81. The summed E-state index contributed by atoms with van der Waals surface area (Å²) in [4.78, 5) is 4.41. The van der Waals surface area contributed by atoms with Crippen molar-refractivity contribution < 1.29 is 18.6 Å². The monoisotopic (exact) mass is 390 g/mol. The van der Waals surface area contributed by atoms with Gasteiger partial charge in [-0.2, -0.15) is 0 Å². The minimum Gasteiger partial charge on any atom is -0.364 e. The second-order valence-corrected chi connectivity index (χ2v) is 8.44. The van der Waals surface area contributed by atoms with E-state index >= 15 is 0 Å². The average molecular weight is 390 g/mol. The first-order chi connectivity index (χ1) is 12.3. The largest absolute Gasteiger partial charge is 0.364 e. The molecule has 0 fully saturated rings. The zero-order chi connectivity index (χ0) is 18.9. The van der Waals surface area contributed by atoms with Crippen LogP contribution in [0.2, 0.25) is 0 Å². The molecule has 2 aromatic carbocycles. The van der Waals surface area contributed by atoms with Gasteiger partial charge < -0.3 is 10.2 Å². The van der Waals surface area contributed by atoms with E-state index in [4.69, 9.17) is 10.2 Å². The molecule has 6 nitrogen and oxygen atoms in total. The van der Waals surface area contributed by atoms with Gasteiger partial charge in [0.05, 0.1) is 10.6 Å². The number of hydrogen-bond donors (Lipinski definition) is 3. The summed E-state index contributed by atoms with van der Waals surface area (Å²) in [5.41, 5.74) is 4.07. The van der Waals surface area contributed by atoms with Gasteiger partial charge in [-0.05, 0) is 37.6 Å². The lowest BCUT2D eigenvalue weighted by Gasteiger charge is -2.07. The number of aromatic nitrogens is 1. The fraction of sp³-hybridized carbons (Fsp3) is 0.167. The Bertz CT molecular complexity index is 1030. The predicted molar refractivity (Wildman–Crippen MR) is 101 cm³/mol. The molecule has 3 N–H and O–H groups in total. The number of hydrogen-bond acceptors (Lipinski definition) is 6. The molecule has 0 amide bonds. The van der Waals surface area contributed by atoms with Gasteiger partial charge in [-0.15, -0.1) is 11.3 Å². The zero-order valence-electron chi connectivity index (χ0n) is 14.2.